The largest absolute Gasteiger partial charge is 0.345 e. The van der Waals surface area contributed by atoms with Crippen LogP contribution in [0.5, 0.6) is 0 Å². The van der Waals surface area contributed by atoms with Crippen LogP contribution in [-0.2, 0) is 6.54 Å². The first-order chi connectivity index (χ1) is 14.5. The van der Waals surface area contributed by atoms with E-state index in [0.717, 1.165) is 45.5 Å². The smallest absolute Gasteiger partial charge is 0.252 e. The molecule has 4 aromatic rings. The Morgan fingerprint density at radius 1 is 1.10 bits per heavy atom. The van der Waals surface area contributed by atoms with Gasteiger partial charge in [0.2, 0.25) is 0 Å². The average molecular weight is 399 g/mol. The highest BCUT2D eigenvalue weighted by molar-refractivity contribution is 6.07. The first-order valence-corrected chi connectivity index (χ1v) is 10.3. The van der Waals surface area contributed by atoms with Gasteiger partial charge in [-0.1, -0.05) is 42.0 Å². The van der Waals surface area contributed by atoms with Gasteiger partial charge in [0.15, 0.2) is 0 Å². The molecular weight excluding hydrogens is 372 g/mol. The van der Waals surface area contributed by atoms with Crippen LogP contribution in [0.15, 0.2) is 60.8 Å². The van der Waals surface area contributed by atoms with Crippen LogP contribution in [0.2, 0.25) is 0 Å². The van der Waals surface area contributed by atoms with Crippen molar-refractivity contribution in [1.29, 1.82) is 0 Å². The fourth-order valence-corrected chi connectivity index (χ4v) is 3.79. The van der Waals surface area contributed by atoms with E-state index in [4.69, 9.17) is 4.98 Å². The highest BCUT2D eigenvalue weighted by Gasteiger charge is 2.19. The summed E-state index contributed by atoms with van der Waals surface area (Å²) in [6.07, 6.45) is 2.00. The maximum Gasteiger partial charge on any atom is 0.252 e. The molecule has 0 aliphatic rings. The highest BCUT2D eigenvalue weighted by Crippen LogP contribution is 2.26. The van der Waals surface area contributed by atoms with E-state index >= 15 is 0 Å². The number of amides is 1. The summed E-state index contributed by atoms with van der Waals surface area (Å²) in [5.74, 6) is -0.112. The predicted octanol–water partition coefficient (Wildman–Crippen LogP) is 5.23. The second kappa shape index (κ2) is 8.11. The molecule has 2 heterocycles. The molecule has 0 saturated carbocycles. The summed E-state index contributed by atoms with van der Waals surface area (Å²) in [7, 11) is 0. The number of carbonyl (C=O) groups is 1. The van der Waals surface area contributed by atoms with E-state index in [-0.39, 0.29) is 11.9 Å². The van der Waals surface area contributed by atoms with Crippen molar-refractivity contribution in [3.8, 4) is 11.3 Å². The van der Waals surface area contributed by atoms with E-state index < -0.39 is 0 Å². The minimum atomic E-state index is -0.146. The van der Waals surface area contributed by atoms with Gasteiger partial charge in [0.05, 0.1) is 28.5 Å². The van der Waals surface area contributed by atoms with Crippen molar-refractivity contribution in [2.24, 2.45) is 0 Å². The van der Waals surface area contributed by atoms with Gasteiger partial charge in [0.1, 0.15) is 0 Å². The zero-order chi connectivity index (χ0) is 21.3. The molecule has 5 nitrogen and oxygen atoms in total. The van der Waals surface area contributed by atoms with Gasteiger partial charge in [0, 0.05) is 29.3 Å². The molecule has 0 radical (unpaired) electrons. The number of fused-ring (bicyclic) bond motifs is 1. The lowest BCUT2D eigenvalue weighted by atomic mass is 10.0. The summed E-state index contributed by atoms with van der Waals surface area (Å²) in [6, 6.07) is 17.7. The van der Waals surface area contributed by atoms with Crippen molar-refractivity contribution < 1.29 is 4.79 Å². The zero-order valence-corrected chi connectivity index (χ0v) is 17.8. The molecule has 0 aliphatic carbocycles. The third kappa shape index (κ3) is 3.83. The second-order valence-corrected chi connectivity index (χ2v) is 7.66. The molecule has 0 bridgehead atoms. The Morgan fingerprint density at radius 2 is 1.90 bits per heavy atom. The lowest BCUT2D eigenvalue weighted by Crippen LogP contribution is -2.27. The number of para-hydroxylation sites is 1. The van der Waals surface area contributed by atoms with E-state index in [9.17, 15) is 4.79 Å². The van der Waals surface area contributed by atoms with Crippen LogP contribution < -0.4 is 5.32 Å². The van der Waals surface area contributed by atoms with Gasteiger partial charge < -0.3 is 5.32 Å². The number of hydrogen-bond acceptors (Lipinski definition) is 3. The lowest BCUT2D eigenvalue weighted by Gasteiger charge is -2.15. The molecule has 0 aliphatic heterocycles. The van der Waals surface area contributed by atoms with Crippen LogP contribution in [0.3, 0.4) is 0 Å². The van der Waals surface area contributed by atoms with Crippen molar-refractivity contribution in [2.45, 2.75) is 40.3 Å². The molecule has 2 aromatic carbocycles. The minimum Gasteiger partial charge on any atom is -0.345 e. The maximum atomic E-state index is 13.3. The Balaban J connectivity index is 1.73. The van der Waals surface area contributed by atoms with E-state index in [1.807, 2.05) is 67.2 Å². The molecule has 1 N–H and O–H groups in total. The topological polar surface area (TPSA) is 59.8 Å². The fraction of sp³-hybridized carbons (Fsp3) is 0.240. The third-order valence-corrected chi connectivity index (χ3v) is 5.40. The summed E-state index contributed by atoms with van der Waals surface area (Å²) in [6.45, 7) is 8.87. The molecule has 152 valence electrons. The van der Waals surface area contributed by atoms with Crippen molar-refractivity contribution in [3.63, 3.8) is 0 Å². The number of carbonyl (C=O) groups excluding carboxylic acids is 1. The number of rotatable bonds is 5. The average Bonchev–Trinajstić information content (AvgIpc) is 3.13. The van der Waals surface area contributed by atoms with Crippen molar-refractivity contribution >= 4 is 16.8 Å². The number of hydrogen-bond donors (Lipinski definition) is 1. The molecular formula is C25H26N4O. The zero-order valence-electron chi connectivity index (χ0n) is 17.8. The molecule has 0 fully saturated rings. The van der Waals surface area contributed by atoms with Crippen LogP contribution in [0, 0.1) is 13.8 Å². The lowest BCUT2D eigenvalue weighted by molar-refractivity contribution is 0.0941. The number of nitrogens with zero attached hydrogens (tertiary/aromatic N) is 3. The first-order valence-electron chi connectivity index (χ1n) is 10.3. The van der Waals surface area contributed by atoms with Gasteiger partial charge in [-0.25, -0.2) is 4.98 Å². The normalized spacial score (nSPS) is 12.1. The summed E-state index contributed by atoms with van der Waals surface area (Å²) in [5.41, 5.74) is 6.36. The number of pyridine rings is 1. The molecule has 1 atom stereocenters. The van der Waals surface area contributed by atoms with Crippen LogP contribution in [0.25, 0.3) is 22.2 Å². The Hall–Kier alpha value is -3.47. The van der Waals surface area contributed by atoms with Gasteiger partial charge in [0.25, 0.3) is 5.91 Å². The summed E-state index contributed by atoms with van der Waals surface area (Å²) in [4.78, 5) is 18.1. The van der Waals surface area contributed by atoms with Crippen LogP contribution >= 0.6 is 0 Å². The van der Waals surface area contributed by atoms with Gasteiger partial charge >= 0.3 is 0 Å². The molecule has 30 heavy (non-hydrogen) atoms. The Labute approximate surface area is 176 Å². The van der Waals surface area contributed by atoms with Gasteiger partial charge in [-0.2, -0.15) is 5.10 Å². The Morgan fingerprint density at radius 3 is 2.63 bits per heavy atom. The molecule has 2 aromatic heterocycles. The second-order valence-electron chi connectivity index (χ2n) is 7.66. The highest BCUT2D eigenvalue weighted by atomic mass is 16.1. The summed E-state index contributed by atoms with van der Waals surface area (Å²) in [5, 5.41) is 8.50. The van der Waals surface area contributed by atoms with Crippen LogP contribution in [-0.4, -0.2) is 20.7 Å². The van der Waals surface area contributed by atoms with E-state index in [1.54, 1.807) is 0 Å². The number of benzene rings is 2. The van der Waals surface area contributed by atoms with E-state index in [2.05, 4.69) is 36.4 Å². The van der Waals surface area contributed by atoms with E-state index in [1.165, 1.54) is 0 Å². The standard InChI is InChI=1S/C25H26N4O/c1-5-29-15-22(18(4)28-29)17(3)26-25(30)21-14-24(19-10-8-9-16(2)13-19)27-23-12-7-6-11-20(21)23/h6-15,17H,5H2,1-4H3,(H,26,30)/t17-/m1/s1. The van der Waals surface area contributed by atoms with E-state index in [0.29, 0.717) is 5.56 Å². The molecule has 1 amide bonds. The SMILES string of the molecule is CCn1cc([C@@H](C)NC(=O)c2cc(-c3cccc(C)c3)nc3ccccc23)c(C)n1. The van der Waals surface area contributed by atoms with Gasteiger partial charge in [-0.3, -0.25) is 9.48 Å². The monoisotopic (exact) mass is 398 g/mol. The fourth-order valence-electron chi connectivity index (χ4n) is 3.79. The molecule has 0 unspecified atom stereocenters. The Kier molecular flexibility index (Phi) is 5.36. The van der Waals surface area contributed by atoms with Crippen LogP contribution in [0.4, 0.5) is 0 Å². The van der Waals surface area contributed by atoms with Crippen molar-refractivity contribution in [2.75, 3.05) is 0 Å². The Bertz CT molecular complexity index is 1230. The molecule has 0 saturated heterocycles. The summed E-state index contributed by atoms with van der Waals surface area (Å²) < 4.78 is 1.89. The predicted molar refractivity (Wildman–Crippen MR) is 120 cm³/mol. The van der Waals surface area contributed by atoms with Crippen LogP contribution in [0.1, 0.15) is 47.1 Å². The van der Waals surface area contributed by atoms with Crippen molar-refractivity contribution in [3.05, 3.63) is 83.2 Å². The quantitative estimate of drug-likeness (QED) is 0.501. The first kappa shape index (κ1) is 19.8. The number of aromatic nitrogens is 3. The summed E-state index contributed by atoms with van der Waals surface area (Å²) >= 11 is 0. The number of nitrogens with one attached hydrogen (secondary N) is 1. The molecule has 4 rings (SSSR count). The van der Waals surface area contributed by atoms with Gasteiger partial charge in [-0.15, -0.1) is 0 Å². The van der Waals surface area contributed by atoms with Gasteiger partial charge in [-0.05, 0) is 45.9 Å². The van der Waals surface area contributed by atoms with Crippen molar-refractivity contribution in [1.82, 2.24) is 20.1 Å². The molecule has 0 spiro atoms. The third-order valence-electron chi connectivity index (χ3n) is 5.40. The minimum absolute atomic E-state index is 0.112. The molecule has 5 heteroatoms. The number of aryl methyl sites for hydroxylation is 3. The maximum absolute atomic E-state index is 13.3.